The van der Waals surface area contributed by atoms with Gasteiger partial charge < -0.3 is 21.5 Å². The van der Waals surface area contributed by atoms with E-state index in [1.807, 2.05) is 0 Å². The van der Waals surface area contributed by atoms with Crippen molar-refractivity contribution in [3.8, 4) is 0 Å². The number of alkyl halides is 3. The number of benzene rings is 2. The number of nitrogens with one attached hydrogen (secondary N) is 2. The van der Waals surface area contributed by atoms with Crippen LogP contribution in [0.25, 0.3) is 0 Å². The van der Waals surface area contributed by atoms with Gasteiger partial charge in [-0.25, -0.2) is 4.39 Å². The van der Waals surface area contributed by atoms with Crippen molar-refractivity contribution in [1.82, 2.24) is 0 Å². The molecule has 0 saturated heterocycles. The van der Waals surface area contributed by atoms with E-state index in [1.165, 1.54) is 12.1 Å². The van der Waals surface area contributed by atoms with E-state index in [9.17, 15) is 27.5 Å². The van der Waals surface area contributed by atoms with Crippen LogP contribution in [0.4, 0.5) is 28.9 Å². The molecule has 1 amide bonds. The first-order valence-electron chi connectivity index (χ1n) is 13.2. The van der Waals surface area contributed by atoms with Crippen LogP contribution >= 0.6 is 0 Å². The highest BCUT2D eigenvalue weighted by molar-refractivity contribution is 6.06. The van der Waals surface area contributed by atoms with Crippen molar-refractivity contribution in [1.29, 1.82) is 0 Å². The van der Waals surface area contributed by atoms with Crippen LogP contribution < -0.4 is 16.4 Å². The second-order valence-corrected chi connectivity index (χ2v) is 10.1. The molecule has 0 aromatic heterocycles. The van der Waals surface area contributed by atoms with Crippen molar-refractivity contribution in [2.24, 2.45) is 11.7 Å². The second kappa shape index (κ2) is 13.6. The van der Waals surface area contributed by atoms with E-state index in [2.05, 4.69) is 23.8 Å². The molecule has 0 bridgehead atoms. The zero-order valence-electron chi connectivity index (χ0n) is 22.9. The number of nitrogens with two attached hydrogens (primary N) is 1. The van der Waals surface area contributed by atoms with Gasteiger partial charge in [0.15, 0.2) is 0 Å². The Balaban J connectivity index is 1.97. The van der Waals surface area contributed by atoms with E-state index in [0.29, 0.717) is 40.8 Å². The van der Waals surface area contributed by atoms with Gasteiger partial charge >= 0.3 is 6.18 Å². The summed E-state index contributed by atoms with van der Waals surface area (Å²) in [4.78, 5) is 13.2. The van der Waals surface area contributed by atoms with Crippen molar-refractivity contribution in [2.45, 2.75) is 50.9 Å². The zero-order chi connectivity index (χ0) is 30.2. The van der Waals surface area contributed by atoms with Crippen molar-refractivity contribution in [3.05, 3.63) is 120 Å². The molecule has 1 saturated carbocycles. The third kappa shape index (κ3) is 8.77. The molecule has 1 fully saturated rings. The largest absolute Gasteiger partial charge is 0.415 e. The van der Waals surface area contributed by atoms with E-state index in [1.54, 1.807) is 55.5 Å². The van der Waals surface area contributed by atoms with Gasteiger partial charge in [0.25, 0.3) is 5.91 Å². The number of hydrogen-bond acceptors (Lipinski definition) is 4. The van der Waals surface area contributed by atoms with Crippen LogP contribution in [0.1, 0.15) is 43.7 Å². The lowest BCUT2D eigenvalue weighted by atomic mass is 9.81. The Morgan fingerprint density at radius 2 is 1.88 bits per heavy atom. The van der Waals surface area contributed by atoms with E-state index < -0.39 is 34.8 Å². The Kier molecular flexibility index (Phi) is 10.5. The highest BCUT2D eigenvalue weighted by Gasteiger charge is 2.35. The van der Waals surface area contributed by atoms with Crippen molar-refractivity contribution < 1.29 is 27.5 Å². The molecule has 1 aliphatic carbocycles. The number of anilines is 2. The first-order chi connectivity index (χ1) is 19.4. The normalized spacial score (nSPS) is 15.9. The quantitative estimate of drug-likeness (QED) is 0.115. The fourth-order valence-corrected chi connectivity index (χ4v) is 4.22. The lowest BCUT2D eigenvalue weighted by Crippen LogP contribution is -2.28. The summed E-state index contributed by atoms with van der Waals surface area (Å²) in [5.74, 6) is -1.35. The molecular formula is C32H35F4N3O2. The molecule has 1 unspecified atom stereocenters. The Bertz CT molecular complexity index is 1370. The second-order valence-electron chi connectivity index (χ2n) is 10.1. The molecule has 3 rings (SSSR count). The maximum Gasteiger partial charge on any atom is 0.415 e. The molecule has 0 aliphatic heterocycles. The summed E-state index contributed by atoms with van der Waals surface area (Å²) in [5.41, 5.74) is 4.02. The summed E-state index contributed by atoms with van der Waals surface area (Å²) >= 11 is 0. The molecule has 5 N–H and O–H groups in total. The molecule has 41 heavy (non-hydrogen) atoms. The summed E-state index contributed by atoms with van der Waals surface area (Å²) in [6.07, 6.45) is 5.82. The molecule has 0 radical (unpaired) electrons. The van der Waals surface area contributed by atoms with E-state index in [-0.39, 0.29) is 12.2 Å². The van der Waals surface area contributed by atoms with Gasteiger partial charge in [-0.15, -0.1) is 0 Å². The average molecular weight is 570 g/mol. The van der Waals surface area contributed by atoms with Crippen LogP contribution in [0.2, 0.25) is 0 Å². The van der Waals surface area contributed by atoms with E-state index >= 15 is 0 Å². The first-order valence-corrected chi connectivity index (χ1v) is 13.2. The molecule has 0 heterocycles. The van der Waals surface area contributed by atoms with Crippen LogP contribution in [0, 0.1) is 11.7 Å². The third-order valence-electron chi connectivity index (χ3n) is 6.92. The van der Waals surface area contributed by atoms with Crippen LogP contribution in [0.3, 0.4) is 0 Å². The lowest BCUT2D eigenvalue weighted by molar-refractivity contribution is -0.112. The molecule has 1 atom stereocenters. The van der Waals surface area contributed by atoms with Crippen molar-refractivity contribution in [2.75, 3.05) is 10.6 Å². The zero-order valence-corrected chi connectivity index (χ0v) is 22.9. The Hall–Kier alpha value is -3.95. The minimum absolute atomic E-state index is 0.176. The minimum atomic E-state index is -4.79. The predicted octanol–water partition coefficient (Wildman–Crippen LogP) is 7.40. The predicted molar refractivity (Wildman–Crippen MR) is 155 cm³/mol. The summed E-state index contributed by atoms with van der Waals surface area (Å²) in [7, 11) is 0. The fraction of sp³-hybridized carbons (Fsp3) is 0.281. The van der Waals surface area contributed by atoms with Crippen molar-refractivity contribution >= 4 is 17.3 Å². The Morgan fingerprint density at radius 3 is 2.51 bits per heavy atom. The van der Waals surface area contributed by atoms with Gasteiger partial charge in [-0.05, 0) is 72.7 Å². The minimum Gasteiger partial charge on any atom is -0.381 e. The monoisotopic (exact) mass is 569 g/mol. The first kappa shape index (κ1) is 31.6. The van der Waals surface area contributed by atoms with Gasteiger partial charge in [0.1, 0.15) is 17.1 Å². The smallest absolute Gasteiger partial charge is 0.381 e. The average Bonchev–Trinajstić information content (AvgIpc) is 3.76. The molecule has 2 aromatic rings. The number of carbonyl (C=O) groups excluding carboxylic acids is 1. The number of aliphatic hydroxyl groups is 1. The molecule has 9 heteroatoms. The molecule has 1 aliphatic rings. The third-order valence-corrected chi connectivity index (χ3v) is 6.92. The van der Waals surface area contributed by atoms with Gasteiger partial charge in [-0.3, -0.25) is 4.79 Å². The van der Waals surface area contributed by atoms with Crippen LogP contribution in [-0.4, -0.2) is 17.2 Å². The summed E-state index contributed by atoms with van der Waals surface area (Å²) in [6.45, 7) is 8.58. The molecule has 2 aromatic carbocycles. The molecule has 5 nitrogen and oxygen atoms in total. The number of hydrogen-bond donors (Lipinski definition) is 4. The van der Waals surface area contributed by atoms with Crippen molar-refractivity contribution in [3.63, 3.8) is 0 Å². The highest BCUT2D eigenvalue weighted by atomic mass is 19.4. The van der Waals surface area contributed by atoms with Gasteiger partial charge in [-0.2, -0.15) is 13.2 Å². The number of amides is 1. The fourth-order valence-electron chi connectivity index (χ4n) is 4.22. The van der Waals surface area contributed by atoms with E-state index in [0.717, 1.165) is 25.3 Å². The summed E-state index contributed by atoms with van der Waals surface area (Å²) < 4.78 is 54.9. The Morgan fingerprint density at radius 1 is 1.15 bits per heavy atom. The number of allylic oxidation sites excluding steroid dienone is 6. The van der Waals surface area contributed by atoms with Gasteiger partial charge in [-0.1, -0.05) is 68.5 Å². The van der Waals surface area contributed by atoms with Crippen LogP contribution in [0.5, 0.6) is 0 Å². The summed E-state index contributed by atoms with van der Waals surface area (Å²) in [5, 5.41) is 16.8. The number of halogens is 4. The standard InChI is InChI=1S/C32H35F4N3O2/c1-4-5-6-8-21(2)31(41,16-15-23-11-12-23)25-13-14-27(33)28(19-25)39-30(40)29(17-22(3)32(34,35)36)38-26-10-7-9-24(18-26)20-37/h4-10,13-14,17-19,23,38,41H,1,3,11-12,15-16,20,37H2,2H3,(H,39,40)/b6-5-,21-8+,29-17-. The van der Waals surface area contributed by atoms with Crippen LogP contribution in [-0.2, 0) is 16.9 Å². The maximum absolute atomic E-state index is 14.9. The molecule has 218 valence electrons. The topological polar surface area (TPSA) is 87.4 Å². The van der Waals surface area contributed by atoms with Gasteiger partial charge in [0.05, 0.1) is 11.3 Å². The number of rotatable bonds is 13. The lowest BCUT2D eigenvalue weighted by Gasteiger charge is -2.31. The molecular weight excluding hydrogens is 534 g/mol. The summed E-state index contributed by atoms with van der Waals surface area (Å²) in [6, 6.07) is 10.3. The highest BCUT2D eigenvalue weighted by Crippen LogP contribution is 2.42. The SMILES string of the molecule is C=C/C=C\C=C(/C)C(O)(CCC1CC1)c1ccc(F)c(NC(=O)/C(=C/C(=C)C(F)(F)F)Nc2cccc(CN)c2)c1. The maximum atomic E-state index is 14.9. The van der Waals surface area contributed by atoms with Crippen LogP contribution in [0.15, 0.2) is 103 Å². The van der Waals surface area contributed by atoms with E-state index in [4.69, 9.17) is 5.73 Å². The number of carbonyl (C=O) groups is 1. The Labute approximate surface area is 237 Å². The van der Waals surface area contributed by atoms with Gasteiger partial charge in [0, 0.05) is 12.2 Å². The van der Waals surface area contributed by atoms with Gasteiger partial charge in [0.2, 0.25) is 0 Å². The molecule has 0 spiro atoms.